The van der Waals surface area contributed by atoms with Crippen molar-refractivity contribution in [2.24, 2.45) is 0 Å². The number of unbranched alkanes of at least 4 members (excludes halogenated alkanes) is 2. The topological polar surface area (TPSA) is 133 Å². The van der Waals surface area contributed by atoms with Gasteiger partial charge in [0.15, 0.2) is 0 Å². The number of aliphatic hydroxyl groups excluding tert-OH is 2. The molecule has 0 unspecified atom stereocenters. The van der Waals surface area contributed by atoms with Crippen molar-refractivity contribution >= 4 is 34.9 Å². The van der Waals surface area contributed by atoms with Gasteiger partial charge in [0.2, 0.25) is 11.6 Å². The van der Waals surface area contributed by atoms with Gasteiger partial charge < -0.3 is 20.8 Å². The Labute approximate surface area is 282 Å². The molecule has 0 aliphatic carbocycles. The molecule has 2 amide bonds. The van der Waals surface area contributed by atoms with Gasteiger partial charge in [0.1, 0.15) is 23.2 Å². The van der Waals surface area contributed by atoms with Crippen LogP contribution in [-0.4, -0.2) is 46.7 Å². The molecule has 0 radical (unpaired) electrons. The normalized spacial score (nSPS) is 11.6. The number of nitrogens with one attached hydrogen (secondary N) is 2. The fourth-order valence-electron chi connectivity index (χ4n) is 4.96. The first-order chi connectivity index (χ1) is 23.6. The summed E-state index contributed by atoms with van der Waals surface area (Å²) in [7, 11) is 0. The van der Waals surface area contributed by atoms with Crippen molar-refractivity contribution in [2.75, 3.05) is 13.1 Å². The van der Waals surface area contributed by atoms with Crippen molar-refractivity contribution in [1.82, 2.24) is 10.6 Å². The van der Waals surface area contributed by atoms with Crippen LogP contribution in [0.15, 0.2) is 109 Å². The first kappa shape index (κ1) is 35.9. The van der Waals surface area contributed by atoms with Gasteiger partial charge in [-0.05, 0) is 65.8 Å². The van der Waals surface area contributed by atoms with Crippen molar-refractivity contribution < 1.29 is 38.2 Å². The molecule has 0 saturated heterocycles. The second-order valence-corrected chi connectivity index (χ2v) is 11.3. The number of amides is 2. The number of carbonyl (C=O) groups excluding carboxylic acids is 4. The van der Waals surface area contributed by atoms with Gasteiger partial charge in [0, 0.05) is 49.2 Å². The molecule has 8 nitrogen and oxygen atoms in total. The molecule has 0 spiro atoms. The second kappa shape index (κ2) is 17.9. The summed E-state index contributed by atoms with van der Waals surface area (Å²) in [5.74, 6) is -5.12. The molecule has 252 valence electrons. The van der Waals surface area contributed by atoms with Crippen LogP contribution in [-0.2, 0) is 32.0 Å². The monoisotopic (exact) mass is 666 g/mol. The molecule has 0 saturated carbocycles. The van der Waals surface area contributed by atoms with Gasteiger partial charge in [-0.1, -0.05) is 72.8 Å². The molecule has 49 heavy (non-hydrogen) atoms. The highest BCUT2D eigenvalue weighted by molar-refractivity contribution is 6.42. The minimum atomic E-state index is -0.934. The van der Waals surface area contributed by atoms with Gasteiger partial charge in [-0.2, -0.15) is 0 Å². The van der Waals surface area contributed by atoms with Crippen LogP contribution in [0.4, 0.5) is 8.78 Å². The highest BCUT2D eigenvalue weighted by atomic mass is 19.1. The molecule has 10 heteroatoms. The van der Waals surface area contributed by atoms with E-state index in [1.807, 2.05) is 0 Å². The number of carbonyl (C=O) groups is 4. The number of hydrogen-bond donors (Lipinski definition) is 4. The summed E-state index contributed by atoms with van der Waals surface area (Å²) >= 11 is 0. The number of benzene rings is 4. The zero-order chi connectivity index (χ0) is 35.2. The largest absolute Gasteiger partial charge is 0.507 e. The van der Waals surface area contributed by atoms with E-state index >= 15 is 0 Å². The summed E-state index contributed by atoms with van der Waals surface area (Å²) in [6.07, 6.45) is 3.78. The van der Waals surface area contributed by atoms with Crippen molar-refractivity contribution in [3.8, 4) is 0 Å². The fourth-order valence-corrected chi connectivity index (χ4v) is 4.96. The third-order valence-electron chi connectivity index (χ3n) is 7.56. The third kappa shape index (κ3) is 11.1. The molecule has 0 aliphatic heterocycles. The smallest absolute Gasteiger partial charge is 0.291 e. The van der Waals surface area contributed by atoms with Gasteiger partial charge in [-0.15, -0.1) is 0 Å². The lowest BCUT2D eigenvalue weighted by Crippen LogP contribution is -2.32. The SMILES string of the molecule is O=C(/C=C(\O)c1cccc(Cc2ccccc2F)c1)C(=O)NCCCCCNC(=O)C(=O)/C=C(\O)c1cccc(Cc2ccccc2F)c1. The number of rotatable bonds is 16. The Balaban J connectivity index is 1.15. The van der Waals surface area contributed by atoms with E-state index in [1.165, 1.54) is 12.1 Å². The van der Waals surface area contributed by atoms with Crippen LogP contribution in [0.25, 0.3) is 11.5 Å². The predicted molar refractivity (Wildman–Crippen MR) is 182 cm³/mol. The van der Waals surface area contributed by atoms with Gasteiger partial charge in [0.05, 0.1) is 0 Å². The minimum absolute atomic E-state index is 0.177. The number of aliphatic hydroxyl groups is 2. The first-order valence-corrected chi connectivity index (χ1v) is 15.7. The van der Waals surface area contributed by atoms with Crippen LogP contribution in [0.3, 0.4) is 0 Å². The van der Waals surface area contributed by atoms with Crippen LogP contribution < -0.4 is 10.6 Å². The van der Waals surface area contributed by atoms with Gasteiger partial charge in [-0.3, -0.25) is 19.2 Å². The Morgan fingerprint density at radius 2 is 0.959 bits per heavy atom. The standard InChI is InChI=1S/C39H36F2N2O6/c40-32-16-4-2-12-28(32)20-26-10-8-14-30(22-26)34(44)24-36(46)38(48)42-18-6-1-7-19-43-39(49)37(47)25-35(45)31-15-9-11-27(23-31)21-29-13-3-5-17-33(29)41/h2-5,8-17,22-25,44-45H,1,6-7,18-21H2,(H,42,48)(H,43,49)/b34-24-,35-25-. The van der Waals surface area contributed by atoms with E-state index in [2.05, 4.69) is 10.6 Å². The average molecular weight is 667 g/mol. The molecule has 0 bridgehead atoms. The highest BCUT2D eigenvalue weighted by Gasteiger charge is 2.15. The van der Waals surface area contributed by atoms with E-state index in [-0.39, 0.29) is 24.7 Å². The van der Waals surface area contributed by atoms with E-state index in [4.69, 9.17) is 0 Å². The van der Waals surface area contributed by atoms with Crippen LogP contribution in [0.2, 0.25) is 0 Å². The number of halogens is 2. The van der Waals surface area contributed by atoms with Crippen molar-refractivity contribution in [3.05, 3.63) is 154 Å². The Hall–Kier alpha value is -5.90. The summed E-state index contributed by atoms with van der Waals surface area (Å²) in [6.45, 7) is 0.355. The van der Waals surface area contributed by atoms with Crippen LogP contribution >= 0.6 is 0 Å². The summed E-state index contributed by atoms with van der Waals surface area (Å²) in [6, 6.07) is 25.9. The van der Waals surface area contributed by atoms with E-state index in [1.54, 1.807) is 84.9 Å². The Bertz CT molecular complexity index is 1750. The zero-order valence-corrected chi connectivity index (χ0v) is 26.6. The molecular weight excluding hydrogens is 630 g/mol. The van der Waals surface area contributed by atoms with Gasteiger partial charge in [-0.25, -0.2) is 8.78 Å². The Morgan fingerprint density at radius 3 is 1.37 bits per heavy atom. The van der Waals surface area contributed by atoms with Crippen LogP contribution in [0.1, 0.15) is 52.6 Å². The van der Waals surface area contributed by atoms with E-state index in [0.717, 1.165) is 23.3 Å². The molecule has 0 aliphatic rings. The lowest BCUT2D eigenvalue weighted by atomic mass is 10.0. The van der Waals surface area contributed by atoms with Crippen LogP contribution in [0, 0.1) is 11.6 Å². The minimum Gasteiger partial charge on any atom is -0.507 e. The van der Waals surface area contributed by atoms with Crippen molar-refractivity contribution in [3.63, 3.8) is 0 Å². The van der Waals surface area contributed by atoms with Crippen molar-refractivity contribution in [2.45, 2.75) is 32.1 Å². The average Bonchev–Trinajstić information content (AvgIpc) is 3.09. The van der Waals surface area contributed by atoms with E-state index < -0.39 is 34.9 Å². The Morgan fingerprint density at radius 1 is 0.551 bits per heavy atom. The zero-order valence-electron chi connectivity index (χ0n) is 26.6. The maximum Gasteiger partial charge on any atom is 0.291 e. The maximum atomic E-state index is 14.0. The summed E-state index contributed by atoms with van der Waals surface area (Å²) < 4.78 is 28.0. The molecular formula is C39H36F2N2O6. The predicted octanol–water partition coefficient (Wildman–Crippen LogP) is 6.19. The molecule has 0 fully saturated rings. The molecule has 0 heterocycles. The molecule has 4 rings (SSSR count). The molecule has 0 atom stereocenters. The molecule has 4 N–H and O–H groups in total. The number of hydrogen-bond acceptors (Lipinski definition) is 6. The van der Waals surface area contributed by atoms with Gasteiger partial charge in [0.25, 0.3) is 11.8 Å². The Kier molecular flexibility index (Phi) is 13.1. The van der Waals surface area contributed by atoms with Gasteiger partial charge >= 0.3 is 0 Å². The van der Waals surface area contributed by atoms with Crippen LogP contribution in [0.5, 0.6) is 0 Å². The third-order valence-corrected chi connectivity index (χ3v) is 7.56. The molecule has 4 aromatic carbocycles. The lowest BCUT2D eigenvalue weighted by molar-refractivity contribution is -0.135. The van der Waals surface area contributed by atoms with Crippen molar-refractivity contribution in [1.29, 1.82) is 0 Å². The molecule has 0 aromatic heterocycles. The quantitative estimate of drug-likeness (QED) is 0.0489. The summed E-state index contributed by atoms with van der Waals surface area (Å²) in [5, 5.41) is 25.8. The lowest BCUT2D eigenvalue weighted by Gasteiger charge is -2.07. The second-order valence-electron chi connectivity index (χ2n) is 11.3. The highest BCUT2D eigenvalue weighted by Crippen LogP contribution is 2.19. The summed E-state index contributed by atoms with van der Waals surface area (Å²) in [5.41, 5.74) is 3.03. The molecule has 4 aromatic rings. The van der Waals surface area contributed by atoms with E-state index in [9.17, 15) is 38.2 Å². The van der Waals surface area contributed by atoms with E-state index in [0.29, 0.717) is 54.4 Å². The first-order valence-electron chi connectivity index (χ1n) is 15.7. The summed E-state index contributed by atoms with van der Waals surface area (Å²) in [4.78, 5) is 49.1. The fraction of sp³-hybridized carbons (Fsp3) is 0.179. The number of ketones is 2. The maximum absolute atomic E-state index is 14.0.